The zero-order valence-corrected chi connectivity index (χ0v) is 39.7. The van der Waals surface area contributed by atoms with E-state index in [9.17, 15) is 52.7 Å². The summed E-state index contributed by atoms with van der Waals surface area (Å²) in [5.74, 6) is -11.2. The molecule has 3 heterocycles. The molecule has 25 heteroatoms. The van der Waals surface area contributed by atoms with Crippen LogP contribution in [-0.4, -0.2) is 122 Å². The van der Waals surface area contributed by atoms with Crippen LogP contribution in [0.4, 0.5) is 0 Å². The molecule has 0 N–H and O–H groups in total. The lowest BCUT2D eigenvalue weighted by molar-refractivity contribution is -0.299. The van der Waals surface area contributed by atoms with Crippen molar-refractivity contribution in [1.82, 2.24) is 0 Å². The Hall–Kier alpha value is -7.77. The van der Waals surface area contributed by atoms with Crippen LogP contribution >= 0.6 is 0 Å². The van der Waals surface area contributed by atoms with Crippen LogP contribution in [0, 0.1) is 0 Å². The lowest BCUT2D eigenvalue weighted by Crippen LogP contribution is -2.61. The first-order chi connectivity index (χ1) is 33.3. The molecule has 1 aromatic heterocycles. The summed E-state index contributed by atoms with van der Waals surface area (Å²) in [4.78, 5) is 139. The summed E-state index contributed by atoms with van der Waals surface area (Å²) < 4.78 is 79.2. The van der Waals surface area contributed by atoms with Gasteiger partial charge in [-0.2, -0.15) is 0 Å². The summed E-state index contributed by atoms with van der Waals surface area (Å²) in [6, 6.07) is 5.79. The maximum atomic E-state index is 14.4. The fraction of sp³-hybridized carbons (Fsp3) is 0.457. The van der Waals surface area contributed by atoms with Crippen molar-refractivity contribution in [2.75, 3.05) is 13.2 Å². The van der Waals surface area contributed by atoms with Crippen LogP contribution < -0.4 is 24.4 Å². The molecule has 2 aliphatic heterocycles. The van der Waals surface area contributed by atoms with Crippen LogP contribution in [0.2, 0.25) is 0 Å². The van der Waals surface area contributed by atoms with Gasteiger partial charge in [-0.3, -0.25) is 52.7 Å². The number of esters is 10. The third-order valence-corrected chi connectivity index (χ3v) is 9.76. The topological polar surface area (TPSA) is 321 Å². The number of benzene rings is 2. The van der Waals surface area contributed by atoms with Crippen LogP contribution in [0.5, 0.6) is 23.0 Å². The fourth-order valence-corrected chi connectivity index (χ4v) is 7.62. The minimum atomic E-state index is -1.95. The molecule has 3 aromatic rings. The molecule has 71 heavy (non-hydrogen) atoms. The maximum Gasteiger partial charge on any atom is 0.308 e. The first-order valence-corrected chi connectivity index (χ1v) is 21.3. The van der Waals surface area contributed by atoms with Gasteiger partial charge in [0.15, 0.2) is 65.6 Å². The number of ether oxygens (including phenoxy) is 13. The van der Waals surface area contributed by atoms with Crippen molar-refractivity contribution < 1.29 is 114 Å². The summed E-state index contributed by atoms with van der Waals surface area (Å²) in [5, 5.41) is -0.505. The van der Waals surface area contributed by atoms with Gasteiger partial charge in [0.1, 0.15) is 34.7 Å². The van der Waals surface area contributed by atoms with E-state index < -0.39 is 161 Å². The lowest BCUT2D eigenvalue weighted by Gasteiger charge is -2.46. The zero-order chi connectivity index (χ0) is 52.6. The Bertz CT molecular complexity index is 2680. The summed E-state index contributed by atoms with van der Waals surface area (Å²) in [7, 11) is 0. The summed E-state index contributed by atoms with van der Waals surface area (Å²) >= 11 is 0. The van der Waals surface area contributed by atoms with Gasteiger partial charge in [-0.25, -0.2) is 0 Å². The molecular formula is C46H48O25. The quantitative estimate of drug-likeness (QED) is 0.120. The summed E-state index contributed by atoms with van der Waals surface area (Å²) in [6.45, 7) is 8.86. The smallest absolute Gasteiger partial charge is 0.308 e. The van der Waals surface area contributed by atoms with E-state index in [4.69, 9.17) is 66.0 Å². The van der Waals surface area contributed by atoms with Gasteiger partial charge in [0.25, 0.3) is 0 Å². The highest BCUT2D eigenvalue weighted by molar-refractivity contribution is 5.92. The number of fused-ring (bicyclic) bond motifs is 1. The van der Waals surface area contributed by atoms with Crippen molar-refractivity contribution in [2.24, 2.45) is 0 Å². The average Bonchev–Trinajstić information content (AvgIpc) is 3.22. The number of rotatable bonds is 15. The molecule has 0 amide bonds. The van der Waals surface area contributed by atoms with Crippen molar-refractivity contribution in [3.05, 3.63) is 46.1 Å². The van der Waals surface area contributed by atoms with E-state index in [1.807, 2.05) is 0 Å². The van der Waals surface area contributed by atoms with E-state index >= 15 is 0 Å². The van der Waals surface area contributed by atoms with Crippen LogP contribution in [0.3, 0.4) is 0 Å². The zero-order valence-electron chi connectivity index (χ0n) is 39.7. The van der Waals surface area contributed by atoms with Crippen molar-refractivity contribution >= 4 is 70.7 Å². The van der Waals surface area contributed by atoms with Gasteiger partial charge in [-0.15, -0.1) is 0 Å². The van der Waals surface area contributed by atoms with E-state index in [0.29, 0.717) is 0 Å². The predicted molar refractivity (Wildman–Crippen MR) is 230 cm³/mol. The third-order valence-electron chi connectivity index (χ3n) is 9.76. The van der Waals surface area contributed by atoms with Crippen LogP contribution in [0.1, 0.15) is 80.9 Å². The lowest BCUT2D eigenvalue weighted by atomic mass is 9.88. The molecule has 2 saturated heterocycles. The number of carbonyl (C=O) groups excluding carboxylic acids is 10. The first-order valence-electron chi connectivity index (χ1n) is 21.3. The van der Waals surface area contributed by atoms with Gasteiger partial charge >= 0.3 is 59.7 Å². The normalized spacial score (nSPS) is 22.6. The molecular weight excluding hydrogens is 952 g/mol. The van der Waals surface area contributed by atoms with E-state index in [2.05, 4.69) is 0 Å². The average molecular weight is 1000 g/mol. The number of hydrogen-bond donors (Lipinski definition) is 0. The van der Waals surface area contributed by atoms with Crippen LogP contribution in [0.15, 0.2) is 39.5 Å². The minimum Gasteiger partial charge on any atom is -0.456 e. The molecule has 25 nitrogen and oxygen atoms in total. The number of carbonyl (C=O) groups is 10. The minimum absolute atomic E-state index is 0.0800. The second-order valence-electron chi connectivity index (χ2n) is 15.6. The molecule has 2 fully saturated rings. The van der Waals surface area contributed by atoms with Gasteiger partial charge in [0.2, 0.25) is 0 Å². The highest BCUT2D eigenvalue weighted by Gasteiger charge is 2.55. The van der Waals surface area contributed by atoms with E-state index in [1.54, 1.807) is 0 Å². The monoisotopic (exact) mass is 1000 g/mol. The van der Waals surface area contributed by atoms with E-state index in [1.165, 1.54) is 18.2 Å². The first kappa shape index (κ1) is 54.2. The van der Waals surface area contributed by atoms with Crippen molar-refractivity contribution in [3.63, 3.8) is 0 Å². The second-order valence-corrected chi connectivity index (χ2v) is 15.6. The van der Waals surface area contributed by atoms with Gasteiger partial charge in [-0.1, -0.05) is 0 Å². The molecule has 9 atom stereocenters. The number of hydrogen-bond acceptors (Lipinski definition) is 25. The molecule has 0 saturated carbocycles. The van der Waals surface area contributed by atoms with Gasteiger partial charge < -0.3 is 66.0 Å². The van der Waals surface area contributed by atoms with E-state index in [0.717, 1.165) is 81.4 Å². The molecule has 0 spiro atoms. The Morgan fingerprint density at radius 2 is 1.03 bits per heavy atom. The molecule has 0 unspecified atom stereocenters. The Kier molecular flexibility index (Phi) is 17.7. The van der Waals surface area contributed by atoms with Gasteiger partial charge in [-0.05, 0) is 18.2 Å². The maximum absolute atomic E-state index is 14.4. The Balaban J connectivity index is 1.75. The molecule has 2 aromatic carbocycles. The van der Waals surface area contributed by atoms with Crippen molar-refractivity contribution in [1.29, 1.82) is 0 Å². The third kappa shape index (κ3) is 13.9. The molecule has 0 radical (unpaired) electrons. The largest absolute Gasteiger partial charge is 0.456 e. The second kappa shape index (κ2) is 23.2. The fourth-order valence-electron chi connectivity index (χ4n) is 7.62. The summed E-state index contributed by atoms with van der Waals surface area (Å²) in [5.41, 5.74) is -1.76. The molecule has 0 aliphatic carbocycles. The molecule has 2 aliphatic rings. The highest BCUT2D eigenvalue weighted by atomic mass is 16.7. The van der Waals surface area contributed by atoms with Crippen molar-refractivity contribution in [3.8, 4) is 34.3 Å². The van der Waals surface area contributed by atoms with Crippen LogP contribution in [0.25, 0.3) is 22.3 Å². The van der Waals surface area contributed by atoms with Gasteiger partial charge in [0.05, 0.1) is 18.8 Å². The van der Waals surface area contributed by atoms with Crippen LogP contribution in [-0.2, 0) is 90.6 Å². The van der Waals surface area contributed by atoms with Crippen molar-refractivity contribution in [2.45, 2.75) is 124 Å². The Morgan fingerprint density at radius 1 is 0.521 bits per heavy atom. The Labute approximate surface area is 402 Å². The molecule has 382 valence electrons. The summed E-state index contributed by atoms with van der Waals surface area (Å²) in [6.07, 6.45) is -15.3. The molecule has 5 rings (SSSR count). The Morgan fingerprint density at radius 3 is 1.59 bits per heavy atom. The van der Waals surface area contributed by atoms with Gasteiger partial charge in [0, 0.05) is 86.9 Å². The highest BCUT2D eigenvalue weighted by Crippen LogP contribution is 2.48. The predicted octanol–water partition coefficient (Wildman–Crippen LogP) is 2.56. The molecule has 0 bridgehead atoms. The SMILES string of the molecule is CC(=O)Oc1ccc(-c2cc(=O)c3c(OC(C)=O)c([C@@H]4O[C@H](CO[C@@H]5OC[C@H](OC(C)=O)[C@H](OC(C)=O)[C@H]5OC(C)=O)[C@@H](OC(C)=O)[C@H](OC(C)=O)[C@H]4OC(C)=O)c(OC(C)=O)cc3o2)cc1OC(C)=O. The standard InChI is InChI=1S/C46H48O25/c1-18(47)60-30-12-11-28(13-32(30)61-19(2)48)31-14-29(57)37-33(70-31)15-34(62-20(3)49)38(41(37)66-24(7)53)42-44(68-26(9)55)43(67-25(8)54)39(64-22(5)51)36(71-42)17-59-46-45(69-27(10)56)40(65-23(6)52)35(16-58-46)63-21(4)50/h11-15,35-36,39-40,42-46H,16-17H2,1-10H3/t35-,36+,39+,40-,42-,43-,44-,45+,46-/m0/s1. The van der Waals surface area contributed by atoms with E-state index in [-0.39, 0.29) is 22.8 Å².